The second-order valence-electron chi connectivity index (χ2n) is 4.78. The first kappa shape index (κ1) is 14.5. The Morgan fingerprint density at radius 3 is 2.22 bits per heavy atom. The molecule has 3 rings (SSSR count). The van der Waals surface area contributed by atoms with Crippen molar-refractivity contribution in [2.24, 2.45) is 0 Å². The summed E-state index contributed by atoms with van der Waals surface area (Å²) in [5.41, 5.74) is 6.82. The summed E-state index contributed by atoms with van der Waals surface area (Å²) in [6, 6.07) is 13.6. The maximum atomic E-state index is 9.90. The molecule has 2 aromatic carbocycles. The first-order valence-electron chi connectivity index (χ1n) is 6.89. The summed E-state index contributed by atoms with van der Waals surface area (Å²) in [6.45, 7) is 0. The van der Waals surface area contributed by atoms with E-state index in [9.17, 15) is 10.2 Å². The highest BCUT2D eigenvalue weighted by Gasteiger charge is 2.09. The SMILES string of the molecule is Nc1nc(/C=C/c2ccccc2O)nc(-c2ccccc2O)n1. The van der Waals surface area contributed by atoms with E-state index in [4.69, 9.17) is 5.73 Å². The van der Waals surface area contributed by atoms with E-state index in [-0.39, 0.29) is 23.3 Å². The van der Waals surface area contributed by atoms with Crippen molar-refractivity contribution in [2.75, 3.05) is 5.73 Å². The van der Waals surface area contributed by atoms with Gasteiger partial charge in [0.15, 0.2) is 11.6 Å². The zero-order valence-electron chi connectivity index (χ0n) is 12.1. The summed E-state index contributed by atoms with van der Waals surface area (Å²) < 4.78 is 0. The van der Waals surface area contributed by atoms with Gasteiger partial charge in [-0.1, -0.05) is 30.3 Å². The molecular formula is C17H14N4O2. The molecule has 23 heavy (non-hydrogen) atoms. The van der Waals surface area contributed by atoms with Crippen LogP contribution < -0.4 is 5.73 Å². The number of hydrogen-bond donors (Lipinski definition) is 3. The van der Waals surface area contributed by atoms with Crippen LogP contribution in [0.15, 0.2) is 48.5 Å². The molecule has 1 aromatic heterocycles. The van der Waals surface area contributed by atoms with Gasteiger partial charge >= 0.3 is 0 Å². The second kappa shape index (κ2) is 6.15. The molecule has 0 aliphatic rings. The van der Waals surface area contributed by atoms with Crippen LogP contribution in [0, 0.1) is 0 Å². The average molecular weight is 306 g/mol. The first-order valence-corrected chi connectivity index (χ1v) is 6.89. The van der Waals surface area contributed by atoms with E-state index in [1.165, 1.54) is 0 Å². The van der Waals surface area contributed by atoms with Gasteiger partial charge in [-0.05, 0) is 30.4 Å². The van der Waals surface area contributed by atoms with Crippen LogP contribution in [0.3, 0.4) is 0 Å². The van der Waals surface area contributed by atoms with Gasteiger partial charge in [0, 0.05) is 5.56 Å². The van der Waals surface area contributed by atoms with Crippen molar-refractivity contribution in [2.45, 2.75) is 0 Å². The molecule has 0 unspecified atom stereocenters. The molecular weight excluding hydrogens is 292 g/mol. The Morgan fingerprint density at radius 1 is 0.783 bits per heavy atom. The van der Waals surface area contributed by atoms with E-state index in [0.717, 1.165) is 0 Å². The van der Waals surface area contributed by atoms with Gasteiger partial charge < -0.3 is 15.9 Å². The third-order valence-corrected chi connectivity index (χ3v) is 3.16. The molecule has 0 bridgehead atoms. The highest BCUT2D eigenvalue weighted by molar-refractivity contribution is 5.71. The van der Waals surface area contributed by atoms with Gasteiger partial charge in [-0.3, -0.25) is 0 Å². The number of phenols is 2. The number of rotatable bonds is 3. The third kappa shape index (κ3) is 3.26. The largest absolute Gasteiger partial charge is 0.507 e. The van der Waals surface area contributed by atoms with Crippen LogP contribution in [-0.2, 0) is 0 Å². The molecule has 114 valence electrons. The van der Waals surface area contributed by atoms with Gasteiger partial charge in [0.25, 0.3) is 0 Å². The van der Waals surface area contributed by atoms with Gasteiger partial charge in [0.05, 0.1) is 5.56 Å². The second-order valence-corrected chi connectivity index (χ2v) is 4.78. The van der Waals surface area contributed by atoms with Crippen LogP contribution in [-0.4, -0.2) is 25.2 Å². The van der Waals surface area contributed by atoms with E-state index in [1.807, 2.05) is 6.07 Å². The quantitative estimate of drug-likeness (QED) is 0.687. The molecule has 0 aliphatic carbocycles. The van der Waals surface area contributed by atoms with Crippen molar-refractivity contribution in [3.8, 4) is 22.9 Å². The normalized spacial score (nSPS) is 11.0. The molecule has 0 amide bonds. The van der Waals surface area contributed by atoms with Gasteiger partial charge in [-0.2, -0.15) is 9.97 Å². The maximum Gasteiger partial charge on any atom is 0.224 e. The van der Waals surface area contributed by atoms with E-state index in [2.05, 4.69) is 15.0 Å². The first-order chi connectivity index (χ1) is 11.1. The zero-order valence-corrected chi connectivity index (χ0v) is 12.1. The Labute approximate surface area is 132 Å². The molecule has 0 saturated heterocycles. The molecule has 0 spiro atoms. The standard InChI is InChI=1S/C17H14N4O2/c18-17-20-15(10-9-11-5-1-3-7-13(11)22)19-16(21-17)12-6-2-4-8-14(12)23/h1-10,22-23H,(H2,18,19,20,21)/b10-9+. The number of nitrogens with zero attached hydrogens (tertiary/aromatic N) is 3. The molecule has 1 heterocycles. The number of aromatic nitrogens is 3. The fraction of sp³-hybridized carbons (Fsp3) is 0. The summed E-state index contributed by atoms with van der Waals surface area (Å²) >= 11 is 0. The average Bonchev–Trinajstić information content (AvgIpc) is 2.54. The topological polar surface area (TPSA) is 105 Å². The third-order valence-electron chi connectivity index (χ3n) is 3.16. The lowest BCUT2D eigenvalue weighted by molar-refractivity contribution is 0.474. The van der Waals surface area contributed by atoms with Crippen molar-refractivity contribution >= 4 is 18.1 Å². The summed E-state index contributed by atoms with van der Waals surface area (Å²) in [5.74, 6) is 0.891. The molecule has 4 N–H and O–H groups in total. The molecule has 0 radical (unpaired) electrons. The number of anilines is 1. The zero-order chi connectivity index (χ0) is 16.2. The Hall–Kier alpha value is -3.41. The van der Waals surface area contributed by atoms with Crippen LogP contribution in [0.25, 0.3) is 23.5 Å². The molecule has 0 saturated carbocycles. The fourth-order valence-corrected chi connectivity index (χ4v) is 2.06. The Bertz CT molecular complexity index is 878. The molecule has 3 aromatic rings. The number of hydrogen-bond acceptors (Lipinski definition) is 6. The van der Waals surface area contributed by atoms with Crippen molar-refractivity contribution in [3.63, 3.8) is 0 Å². The van der Waals surface area contributed by atoms with Gasteiger partial charge in [-0.15, -0.1) is 0 Å². The van der Waals surface area contributed by atoms with Crippen LogP contribution >= 0.6 is 0 Å². The Balaban J connectivity index is 1.99. The monoisotopic (exact) mass is 306 g/mol. The van der Waals surface area contributed by atoms with Crippen molar-refractivity contribution in [1.29, 1.82) is 0 Å². The van der Waals surface area contributed by atoms with Crippen molar-refractivity contribution in [3.05, 3.63) is 59.9 Å². The lowest BCUT2D eigenvalue weighted by Gasteiger charge is -2.04. The minimum absolute atomic E-state index is 0.0511. The Kier molecular flexibility index (Phi) is 3.88. The molecule has 0 fully saturated rings. The van der Waals surface area contributed by atoms with Crippen LogP contribution in [0.2, 0.25) is 0 Å². The number of benzene rings is 2. The van der Waals surface area contributed by atoms with Gasteiger partial charge in [-0.25, -0.2) is 4.98 Å². The van der Waals surface area contributed by atoms with Gasteiger partial charge in [0.2, 0.25) is 5.95 Å². The van der Waals surface area contributed by atoms with Crippen molar-refractivity contribution in [1.82, 2.24) is 15.0 Å². The molecule has 0 atom stereocenters. The molecule has 0 aliphatic heterocycles. The summed E-state index contributed by atoms with van der Waals surface area (Å²) in [4.78, 5) is 12.4. The number of para-hydroxylation sites is 2. The summed E-state index contributed by atoms with van der Waals surface area (Å²) in [7, 11) is 0. The highest BCUT2D eigenvalue weighted by Crippen LogP contribution is 2.26. The highest BCUT2D eigenvalue weighted by atomic mass is 16.3. The smallest absolute Gasteiger partial charge is 0.224 e. The number of nitrogen functional groups attached to an aromatic ring is 1. The molecule has 6 nitrogen and oxygen atoms in total. The summed E-state index contributed by atoms with van der Waals surface area (Å²) in [5, 5.41) is 19.6. The summed E-state index contributed by atoms with van der Waals surface area (Å²) in [6.07, 6.45) is 3.30. The number of phenolic OH excluding ortho intramolecular Hbond substituents is 2. The number of aromatic hydroxyl groups is 2. The van der Waals surface area contributed by atoms with Crippen molar-refractivity contribution < 1.29 is 10.2 Å². The van der Waals surface area contributed by atoms with E-state index in [0.29, 0.717) is 17.0 Å². The predicted molar refractivity (Wildman–Crippen MR) is 88.4 cm³/mol. The predicted octanol–water partition coefficient (Wildman–Crippen LogP) is 2.70. The van der Waals surface area contributed by atoms with Crippen LogP contribution in [0.4, 0.5) is 5.95 Å². The Morgan fingerprint density at radius 2 is 1.48 bits per heavy atom. The minimum atomic E-state index is 0.0511. The molecule has 6 heteroatoms. The lowest BCUT2D eigenvalue weighted by Crippen LogP contribution is -2.02. The van der Waals surface area contributed by atoms with Crippen LogP contribution in [0.1, 0.15) is 11.4 Å². The minimum Gasteiger partial charge on any atom is -0.507 e. The fourth-order valence-electron chi connectivity index (χ4n) is 2.06. The van der Waals surface area contributed by atoms with E-state index >= 15 is 0 Å². The van der Waals surface area contributed by atoms with Crippen LogP contribution in [0.5, 0.6) is 11.5 Å². The van der Waals surface area contributed by atoms with E-state index < -0.39 is 0 Å². The lowest BCUT2D eigenvalue weighted by atomic mass is 10.2. The maximum absolute atomic E-state index is 9.90. The van der Waals surface area contributed by atoms with Gasteiger partial charge in [0.1, 0.15) is 11.5 Å². The number of nitrogens with two attached hydrogens (primary N) is 1. The van der Waals surface area contributed by atoms with E-state index in [1.54, 1.807) is 54.6 Å².